The number of aromatic nitrogens is 2. The molecule has 2 fully saturated rings. The summed E-state index contributed by atoms with van der Waals surface area (Å²) in [5.74, 6) is 2.57. The lowest BCUT2D eigenvalue weighted by Crippen LogP contribution is -2.40. The predicted octanol–water partition coefficient (Wildman–Crippen LogP) is 1.78. The minimum absolute atomic E-state index is 0.304. The van der Waals surface area contributed by atoms with Crippen LogP contribution in [0.25, 0.3) is 0 Å². The number of rotatable bonds is 4. The van der Waals surface area contributed by atoms with Crippen molar-refractivity contribution in [3.05, 3.63) is 0 Å². The molecule has 1 aliphatic heterocycles. The zero-order chi connectivity index (χ0) is 11.0. The molecule has 1 saturated carbocycles. The fraction of sp³-hybridized carbons (Fsp3) is 0.800. The van der Waals surface area contributed by atoms with Crippen molar-refractivity contribution in [2.75, 3.05) is 12.3 Å². The van der Waals surface area contributed by atoms with Gasteiger partial charge in [-0.25, -0.2) is 0 Å². The first kappa shape index (κ1) is 10.8. The second-order valence-electron chi connectivity index (χ2n) is 4.32. The molecule has 1 aromatic rings. The number of hydrogen-bond donors (Lipinski definition) is 1. The van der Waals surface area contributed by atoms with Gasteiger partial charge < -0.3 is 10.1 Å². The minimum atomic E-state index is 0.304. The SMILES string of the molecule is CCSc1nsnc1OC1CC2CNC1C2. The molecule has 3 atom stereocenters. The predicted molar refractivity (Wildman–Crippen MR) is 65.2 cm³/mol. The average molecular weight is 257 g/mol. The topological polar surface area (TPSA) is 47.0 Å². The van der Waals surface area contributed by atoms with E-state index >= 15 is 0 Å². The van der Waals surface area contributed by atoms with Crippen molar-refractivity contribution in [3.63, 3.8) is 0 Å². The lowest BCUT2D eigenvalue weighted by Gasteiger charge is -2.22. The summed E-state index contributed by atoms with van der Waals surface area (Å²) in [6, 6.07) is 0.533. The maximum Gasteiger partial charge on any atom is 0.260 e. The van der Waals surface area contributed by atoms with E-state index in [2.05, 4.69) is 21.0 Å². The zero-order valence-corrected chi connectivity index (χ0v) is 10.8. The van der Waals surface area contributed by atoms with Crippen LogP contribution < -0.4 is 10.1 Å². The Balaban J connectivity index is 1.67. The maximum atomic E-state index is 5.99. The molecule has 1 saturated heterocycles. The second kappa shape index (κ2) is 4.50. The zero-order valence-electron chi connectivity index (χ0n) is 9.18. The highest BCUT2D eigenvalue weighted by Crippen LogP contribution is 2.36. The molecule has 2 heterocycles. The average Bonchev–Trinajstić information content (AvgIpc) is 2.96. The van der Waals surface area contributed by atoms with Crippen molar-refractivity contribution in [1.29, 1.82) is 0 Å². The van der Waals surface area contributed by atoms with Gasteiger partial charge in [0.25, 0.3) is 5.88 Å². The third kappa shape index (κ3) is 1.94. The number of thioether (sulfide) groups is 1. The number of fused-ring (bicyclic) bond motifs is 2. The largest absolute Gasteiger partial charge is 0.470 e. The van der Waals surface area contributed by atoms with Crippen LogP contribution in [0.15, 0.2) is 5.03 Å². The van der Waals surface area contributed by atoms with Gasteiger partial charge in [0, 0.05) is 6.04 Å². The summed E-state index contributed by atoms with van der Waals surface area (Å²) in [6.45, 7) is 3.28. The van der Waals surface area contributed by atoms with E-state index in [0.717, 1.165) is 29.1 Å². The number of nitrogens with zero attached hydrogens (tertiary/aromatic N) is 2. The first-order valence-corrected chi connectivity index (χ1v) is 7.43. The van der Waals surface area contributed by atoms with Crippen LogP contribution in [0.3, 0.4) is 0 Å². The molecule has 3 unspecified atom stereocenters. The highest BCUT2D eigenvalue weighted by Gasteiger charge is 2.41. The molecule has 6 heteroatoms. The summed E-state index contributed by atoms with van der Waals surface area (Å²) < 4.78 is 14.5. The van der Waals surface area contributed by atoms with Crippen molar-refractivity contribution in [1.82, 2.24) is 14.1 Å². The van der Waals surface area contributed by atoms with Crippen LogP contribution >= 0.6 is 23.5 Å². The maximum absolute atomic E-state index is 5.99. The quantitative estimate of drug-likeness (QED) is 0.833. The molecule has 88 valence electrons. The first-order valence-electron chi connectivity index (χ1n) is 5.72. The fourth-order valence-corrected chi connectivity index (χ4v) is 3.80. The Kier molecular flexibility index (Phi) is 3.04. The summed E-state index contributed by atoms with van der Waals surface area (Å²) in [5, 5.41) is 4.45. The van der Waals surface area contributed by atoms with Crippen molar-refractivity contribution < 1.29 is 4.74 Å². The Bertz CT molecular complexity index is 371. The molecule has 1 aliphatic carbocycles. The summed E-state index contributed by atoms with van der Waals surface area (Å²) in [7, 11) is 0. The Morgan fingerprint density at radius 1 is 1.50 bits per heavy atom. The van der Waals surface area contributed by atoms with E-state index < -0.39 is 0 Å². The van der Waals surface area contributed by atoms with Crippen LogP contribution in [0.2, 0.25) is 0 Å². The van der Waals surface area contributed by atoms with E-state index in [1.807, 2.05) is 0 Å². The van der Waals surface area contributed by atoms with E-state index in [1.54, 1.807) is 11.8 Å². The molecule has 0 amide bonds. The fourth-order valence-electron chi connectivity index (χ4n) is 2.54. The van der Waals surface area contributed by atoms with Gasteiger partial charge >= 0.3 is 0 Å². The minimum Gasteiger partial charge on any atom is -0.470 e. The van der Waals surface area contributed by atoms with Gasteiger partial charge in [0.15, 0.2) is 5.03 Å². The van der Waals surface area contributed by atoms with Crippen molar-refractivity contribution in [3.8, 4) is 5.88 Å². The van der Waals surface area contributed by atoms with Crippen LogP contribution in [0, 0.1) is 5.92 Å². The van der Waals surface area contributed by atoms with E-state index in [4.69, 9.17) is 4.74 Å². The molecule has 2 aliphatic rings. The molecule has 0 aromatic carbocycles. The summed E-state index contributed by atoms with van der Waals surface area (Å²) in [6.07, 6.45) is 2.74. The first-order chi connectivity index (χ1) is 7.86. The molecule has 3 rings (SSSR count). The van der Waals surface area contributed by atoms with Gasteiger partial charge in [-0.3, -0.25) is 0 Å². The molecule has 16 heavy (non-hydrogen) atoms. The third-order valence-corrected chi connectivity index (χ3v) is 4.70. The van der Waals surface area contributed by atoms with Crippen molar-refractivity contribution in [2.24, 2.45) is 5.92 Å². The Hall–Kier alpha value is -0.330. The van der Waals surface area contributed by atoms with Gasteiger partial charge in [0.2, 0.25) is 0 Å². The van der Waals surface area contributed by atoms with Gasteiger partial charge in [0.05, 0.1) is 11.7 Å². The van der Waals surface area contributed by atoms with E-state index in [0.29, 0.717) is 12.1 Å². The van der Waals surface area contributed by atoms with Crippen LogP contribution in [0.4, 0.5) is 0 Å². The molecule has 4 nitrogen and oxygen atoms in total. The van der Waals surface area contributed by atoms with Crippen LogP contribution in [-0.2, 0) is 0 Å². The molecular formula is C10H15N3OS2. The highest BCUT2D eigenvalue weighted by atomic mass is 32.2. The molecule has 1 aromatic heterocycles. The van der Waals surface area contributed by atoms with Gasteiger partial charge in [0.1, 0.15) is 6.10 Å². The van der Waals surface area contributed by atoms with Crippen LogP contribution in [-0.4, -0.2) is 33.2 Å². The Morgan fingerprint density at radius 3 is 3.12 bits per heavy atom. The lowest BCUT2D eigenvalue weighted by atomic mass is 10.1. The summed E-state index contributed by atoms with van der Waals surface area (Å²) >= 11 is 2.95. The number of nitrogens with one attached hydrogen (secondary N) is 1. The van der Waals surface area contributed by atoms with Gasteiger partial charge in [-0.2, -0.15) is 4.37 Å². The van der Waals surface area contributed by atoms with Gasteiger partial charge in [-0.15, -0.1) is 16.1 Å². The van der Waals surface area contributed by atoms with Crippen LogP contribution in [0.1, 0.15) is 19.8 Å². The third-order valence-electron chi connectivity index (χ3n) is 3.24. The van der Waals surface area contributed by atoms with Crippen LogP contribution in [0.5, 0.6) is 5.88 Å². The second-order valence-corrected chi connectivity index (χ2v) is 6.10. The normalized spacial score (nSPS) is 32.2. The standard InChI is InChI=1S/C10H15N3OS2/c1-2-15-10-9(12-16-13-10)14-8-4-6-3-7(8)11-5-6/h6-8,11H,2-5H2,1H3. The molecule has 2 bridgehead atoms. The van der Waals surface area contributed by atoms with Crippen molar-refractivity contribution in [2.45, 2.75) is 36.9 Å². The number of ether oxygens (including phenoxy) is 1. The highest BCUT2D eigenvalue weighted by molar-refractivity contribution is 7.99. The van der Waals surface area contributed by atoms with Gasteiger partial charge in [-0.05, 0) is 31.1 Å². The number of hydrogen-bond acceptors (Lipinski definition) is 6. The van der Waals surface area contributed by atoms with Gasteiger partial charge in [-0.1, -0.05) is 6.92 Å². The number of piperidine rings is 1. The van der Waals surface area contributed by atoms with E-state index in [-0.39, 0.29) is 0 Å². The summed E-state index contributed by atoms with van der Waals surface area (Å²) in [5.41, 5.74) is 0. The Morgan fingerprint density at radius 2 is 2.44 bits per heavy atom. The molecule has 1 N–H and O–H groups in total. The molecule has 0 spiro atoms. The van der Waals surface area contributed by atoms with Crippen molar-refractivity contribution >= 4 is 23.5 Å². The monoisotopic (exact) mass is 257 g/mol. The molecular weight excluding hydrogens is 242 g/mol. The summed E-state index contributed by atoms with van der Waals surface area (Å²) in [4.78, 5) is 0. The van der Waals surface area contributed by atoms with E-state index in [1.165, 1.54) is 24.6 Å². The lowest BCUT2D eigenvalue weighted by molar-refractivity contribution is 0.149. The Labute approximate surface area is 103 Å². The van der Waals surface area contributed by atoms with E-state index in [9.17, 15) is 0 Å². The smallest absolute Gasteiger partial charge is 0.260 e. The molecule has 0 radical (unpaired) electrons.